The second-order valence-corrected chi connectivity index (χ2v) is 1.62. The number of carbonyl (C=O) groups excluding carboxylic acids is 1. The van der Waals surface area contributed by atoms with E-state index in [0.29, 0.717) is 6.42 Å². The SMILES string of the molecule is C=NCOC(=O)CCC. The highest BCUT2D eigenvalue weighted by Gasteiger charge is 1.96. The van der Waals surface area contributed by atoms with Crippen LogP contribution in [0.15, 0.2) is 4.99 Å². The van der Waals surface area contributed by atoms with Crippen LogP contribution in [-0.2, 0) is 9.53 Å². The van der Waals surface area contributed by atoms with Crippen LogP contribution in [0.5, 0.6) is 0 Å². The summed E-state index contributed by atoms with van der Waals surface area (Å²) in [5, 5.41) is 0. The third-order valence-electron chi connectivity index (χ3n) is 0.771. The van der Waals surface area contributed by atoms with Crippen LogP contribution in [0.25, 0.3) is 0 Å². The van der Waals surface area contributed by atoms with Gasteiger partial charge in [-0.25, -0.2) is 0 Å². The first-order valence-corrected chi connectivity index (χ1v) is 2.89. The van der Waals surface area contributed by atoms with Gasteiger partial charge in [0.2, 0.25) is 0 Å². The lowest BCUT2D eigenvalue weighted by Gasteiger charge is -1.96. The van der Waals surface area contributed by atoms with Gasteiger partial charge in [-0.15, -0.1) is 0 Å². The highest BCUT2D eigenvalue weighted by Crippen LogP contribution is 1.89. The molecule has 0 heterocycles. The minimum Gasteiger partial charge on any atom is -0.442 e. The van der Waals surface area contributed by atoms with Gasteiger partial charge in [0.1, 0.15) is 0 Å². The van der Waals surface area contributed by atoms with Crippen molar-refractivity contribution in [3.63, 3.8) is 0 Å². The molecule has 0 aliphatic carbocycles. The Labute approximate surface area is 54.7 Å². The zero-order valence-corrected chi connectivity index (χ0v) is 5.59. The van der Waals surface area contributed by atoms with E-state index in [-0.39, 0.29) is 12.7 Å². The summed E-state index contributed by atoms with van der Waals surface area (Å²) in [5.41, 5.74) is 0. The molecule has 0 amide bonds. The Kier molecular flexibility index (Phi) is 4.78. The van der Waals surface area contributed by atoms with Crippen molar-refractivity contribution in [3.05, 3.63) is 0 Å². The number of carbonyl (C=O) groups is 1. The Morgan fingerprint density at radius 2 is 2.44 bits per heavy atom. The standard InChI is InChI=1S/C6H11NO2/c1-3-4-6(8)9-5-7-2/h2-5H2,1H3. The minimum absolute atomic E-state index is 0.0822. The van der Waals surface area contributed by atoms with Crippen molar-refractivity contribution in [2.24, 2.45) is 4.99 Å². The van der Waals surface area contributed by atoms with Gasteiger partial charge in [-0.3, -0.25) is 9.79 Å². The number of ether oxygens (including phenoxy) is 1. The molecule has 0 aliphatic rings. The van der Waals surface area contributed by atoms with Crippen LogP contribution < -0.4 is 0 Å². The van der Waals surface area contributed by atoms with Crippen molar-refractivity contribution in [1.29, 1.82) is 0 Å². The Hall–Kier alpha value is -0.860. The summed E-state index contributed by atoms with van der Waals surface area (Å²) in [7, 11) is 0. The van der Waals surface area contributed by atoms with Crippen LogP contribution >= 0.6 is 0 Å². The molecule has 0 aromatic rings. The highest BCUT2D eigenvalue weighted by molar-refractivity contribution is 5.69. The normalized spacial score (nSPS) is 8.56. The molecule has 0 aromatic carbocycles. The fourth-order valence-electron chi connectivity index (χ4n) is 0.394. The first-order chi connectivity index (χ1) is 4.31. The average molecular weight is 129 g/mol. The summed E-state index contributed by atoms with van der Waals surface area (Å²) in [6, 6.07) is 0. The van der Waals surface area contributed by atoms with Crippen LogP contribution in [0.2, 0.25) is 0 Å². The van der Waals surface area contributed by atoms with E-state index in [1.54, 1.807) is 0 Å². The molecule has 3 heteroatoms. The second-order valence-electron chi connectivity index (χ2n) is 1.62. The van der Waals surface area contributed by atoms with Crippen LogP contribution in [0.4, 0.5) is 0 Å². The van der Waals surface area contributed by atoms with Crippen molar-refractivity contribution in [2.45, 2.75) is 19.8 Å². The number of hydrogen-bond acceptors (Lipinski definition) is 3. The van der Waals surface area contributed by atoms with Gasteiger partial charge in [0.25, 0.3) is 0 Å². The smallest absolute Gasteiger partial charge is 0.307 e. The van der Waals surface area contributed by atoms with Crippen LogP contribution in [0, 0.1) is 0 Å². The Morgan fingerprint density at radius 3 is 2.89 bits per heavy atom. The third-order valence-corrected chi connectivity index (χ3v) is 0.771. The van der Waals surface area contributed by atoms with E-state index in [0.717, 1.165) is 6.42 Å². The van der Waals surface area contributed by atoms with Crippen LogP contribution in [0.3, 0.4) is 0 Å². The highest BCUT2D eigenvalue weighted by atomic mass is 16.5. The predicted molar refractivity (Wildman–Crippen MR) is 35.4 cm³/mol. The molecule has 0 N–H and O–H groups in total. The quantitative estimate of drug-likeness (QED) is 0.419. The zero-order chi connectivity index (χ0) is 7.11. The largest absolute Gasteiger partial charge is 0.442 e. The Bertz CT molecular complexity index is 101. The number of esters is 1. The molecular formula is C6H11NO2. The maximum absolute atomic E-state index is 10.5. The maximum atomic E-state index is 10.5. The zero-order valence-electron chi connectivity index (χ0n) is 5.59. The number of rotatable bonds is 4. The fourth-order valence-corrected chi connectivity index (χ4v) is 0.394. The van der Waals surface area contributed by atoms with E-state index in [9.17, 15) is 4.79 Å². The number of hydrogen-bond donors (Lipinski definition) is 0. The molecule has 3 nitrogen and oxygen atoms in total. The molecule has 0 aliphatic heterocycles. The molecule has 0 saturated heterocycles. The predicted octanol–water partition coefficient (Wildman–Crippen LogP) is 0.988. The fraction of sp³-hybridized carbons (Fsp3) is 0.667. The summed E-state index contributed by atoms with van der Waals surface area (Å²) < 4.78 is 4.56. The van der Waals surface area contributed by atoms with Crippen LogP contribution in [0.1, 0.15) is 19.8 Å². The summed E-state index contributed by atoms with van der Waals surface area (Å²) in [6.45, 7) is 5.17. The molecule has 52 valence electrons. The molecule has 0 aromatic heterocycles. The molecule has 0 bridgehead atoms. The van der Waals surface area contributed by atoms with E-state index in [1.165, 1.54) is 0 Å². The number of aliphatic imine (C=N–C) groups is 1. The van der Waals surface area contributed by atoms with Gasteiger partial charge in [0, 0.05) is 6.42 Å². The van der Waals surface area contributed by atoms with Crippen molar-refractivity contribution < 1.29 is 9.53 Å². The molecule has 0 rings (SSSR count). The first-order valence-electron chi connectivity index (χ1n) is 2.89. The van der Waals surface area contributed by atoms with Crippen molar-refractivity contribution in [1.82, 2.24) is 0 Å². The van der Waals surface area contributed by atoms with Gasteiger partial charge in [0.05, 0.1) is 0 Å². The van der Waals surface area contributed by atoms with E-state index in [4.69, 9.17) is 0 Å². The van der Waals surface area contributed by atoms with Crippen molar-refractivity contribution in [2.75, 3.05) is 6.73 Å². The minimum atomic E-state index is -0.204. The second kappa shape index (κ2) is 5.28. The third kappa shape index (κ3) is 5.00. The van der Waals surface area contributed by atoms with E-state index < -0.39 is 0 Å². The topological polar surface area (TPSA) is 38.7 Å². The van der Waals surface area contributed by atoms with Crippen molar-refractivity contribution >= 4 is 12.7 Å². The monoisotopic (exact) mass is 129 g/mol. The Balaban J connectivity index is 3.16. The number of nitrogens with zero attached hydrogens (tertiary/aromatic N) is 1. The molecule has 0 spiro atoms. The summed E-state index contributed by atoms with van der Waals surface area (Å²) >= 11 is 0. The summed E-state index contributed by atoms with van der Waals surface area (Å²) in [4.78, 5) is 13.9. The molecular weight excluding hydrogens is 118 g/mol. The maximum Gasteiger partial charge on any atom is 0.307 e. The van der Waals surface area contributed by atoms with Crippen molar-refractivity contribution in [3.8, 4) is 0 Å². The van der Waals surface area contributed by atoms with E-state index in [2.05, 4.69) is 16.4 Å². The lowest BCUT2D eigenvalue weighted by molar-refractivity contribution is -0.143. The lowest BCUT2D eigenvalue weighted by Crippen LogP contribution is -2.02. The van der Waals surface area contributed by atoms with Gasteiger partial charge in [-0.05, 0) is 13.1 Å². The van der Waals surface area contributed by atoms with E-state index in [1.807, 2.05) is 6.92 Å². The van der Waals surface area contributed by atoms with Gasteiger partial charge in [0.15, 0.2) is 6.73 Å². The molecule has 0 radical (unpaired) electrons. The van der Waals surface area contributed by atoms with Gasteiger partial charge < -0.3 is 4.74 Å². The molecule has 0 fully saturated rings. The molecule has 0 saturated carbocycles. The Morgan fingerprint density at radius 1 is 1.78 bits per heavy atom. The van der Waals surface area contributed by atoms with Gasteiger partial charge in [-0.2, -0.15) is 0 Å². The van der Waals surface area contributed by atoms with E-state index >= 15 is 0 Å². The van der Waals surface area contributed by atoms with Gasteiger partial charge >= 0.3 is 5.97 Å². The molecule has 0 unspecified atom stereocenters. The first kappa shape index (κ1) is 8.14. The summed E-state index contributed by atoms with van der Waals surface area (Å²) in [5.74, 6) is -0.204. The lowest BCUT2D eigenvalue weighted by atomic mass is 10.3. The van der Waals surface area contributed by atoms with Crippen LogP contribution in [-0.4, -0.2) is 19.4 Å². The van der Waals surface area contributed by atoms with Gasteiger partial charge in [-0.1, -0.05) is 6.92 Å². The molecule has 0 atom stereocenters. The average Bonchev–Trinajstić information content (AvgIpc) is 1.85. The molecule has 9 heavy (non-hydrogen) atoms. The summed E-state index contributed by atoms with van der Waals surface area (Å²) in [6.07, 6.45) is 1.28.